The van der Waals surface area contributed by atoms with E-state index in [4.69, 9.17) is 0 Å². The molecule has 0 bridgehead atoms. The summed E-state index contributed by atoms with van der Waals surface area (Å²) in [5.41, 5.74) is 3.95. The highest BCUT2D eigenvalue weighted by Crippen LogP contribution is 2.48. The topological polar surface area (TPSA) is 34.0 Å². The average Bonchev–Trinajstić information content (AvgIpc) is 3.32. The minimum absolute atomic E-state index is 0.176. The number of anilines is 1. The monoisotopic (exact) mass is 268 g/mol. The summed E-state index contributed by atoms with van der Waals surface area (Å²) in [6.45, 7) is 2.33. The van der Waals surface area contributed by atoms with E-state index in [1.54, 1.807) is 0 Å². The minimum Gasteiger partial charge on any atom is -0.347 e. The van der Waals surface area contributed by atoms with Gasteiger partial charge in [-0.1, -0.05) is 6.92 Å². The van der Waals surface area contributed by atoms with Crippen LogP contribution >= 0.6 is 0 Å². The lowest BCUT2D eigenvalue weighted by molar-refractivity contribution is -0.117. The third kappa shape index (κ3) is 1.84. The largest absolute Gasteiger partial charge is 0.347 e. The van der Waals surface area contributed by atoms with E-state index < -0.39 is 0 Å². The van der Waals surface area contributed by atoms with Crippen LogP contribution in [0.4, 0.5) is 5.69 Å². The number of hydrogen-bond acceptors (Lipinski definition) is 1. The fourth-order valence-electron chi connectivity index (χ4n) is 3.04. The van der Waals surface area contributed by atoms with Gasteiger partial charge in [0.2, 0.25) is 5.91 Å². The summed E-state index contributed by atoms with van der Waals surface area (Å²) in [6.07, 6.45) is 4.65. The van der Waals surface area contributed by atoms with Crippen molar-refractivity contribution < 1.29 is 4.79 Å². The highest BCUT2D eigenvalue weighted by molar-refractivity contribution is 5.96. The smallest absolute Gasteiger partial charge is 0.227 e. The number of aromatic nitrogens is 1. The molecule has 0 spiro atoms. The van der Waals surface area contributed by atoms with Crippen LogP contribution < -0.4 is 5.32 Å². The van der Waals surface area contributed by atoms with E-state index in [1.165, 1.54) is 29.4 Å². The van der Waals surface area contributed by atoms with Crippen LogP contribution in [0.15, 0.2) is 24.3 Å². The first-order valence-corrected chi connectivity index (χ1v) is 7.48. The third-order valence-electron chi connectivity index (χ3n) is 4.88. The van der Waals surface area contributed by atoms with Gasteiger partial charge in [-0.25, -0.2) is 0 Å². The van der Waals surface area contributed by atoms with Crippen LogP contribution in [0.2, 0.25) is 0 Å². The lowest BCUT2D eigenvalue weighted by Crippen LogP contribution is -2.13. The van der Waals surface area contributed by atoms with Gasteiger partial charge < -0.3 is 9.88 Å². The van der Waals surface area contributed by atoms with Crippen molar-refractivity contribution in [3.05, 3.63) is 30.0 Å². The van der Waals surface area contributed by atoms with E-state index in [9.17, 15) is 4.79 Å². The molecular weight excluding hydrogens is 248 g/mol. The number of aryl methyl sites for hydroxylation is 1. The second-order valence-corrected chi connectivity index (χ2v) is 6.69. The van der Waals surface area contributed by atoms with Crippen LogP contribution in [0.5, 0.6) is 0 Å². The molecule has 3 heteroatoms. The Morgan fingerprint density at radius 1 is 1.30 bits per heavy atom. The molecule has 1 heterocycles. The molecule has 2 aliphatic carbocycles. The molecule has 104 valence electrons. The Bertz CT molecular complexity index is 705. The van der Waals surface area contributed by atoms with Crippen LogP contribution in [0, 0.1) is 5.92 Å². The van der Waals surface area contributed by atoms with Crippen molar-refractivity contribution in [2.24, 2.45) is 13.0 Å². The van der Waals surface area contributed by atoms with Crippen LogP contribution in [-0.4, -0.2) is 10.5 Å². The zero-order chi connectivity index (χ0) is 13.9. The molecular formula is C17H20N2O. The van der Waals surface area contributed by atoms with Gasteiger partial charge in [0.25, 0.3) is 0 Å². The molecule has 20 heavy (non-hydrogen) atoms. The molecule has 0 radical (unpaired) electrons. The Balaban J connectivity index is 1.70. The van der Waals surface area contributed by atoms with Crippen molar-refractivity contribution in [1.29, 1.82) is 0 Å². The van der Waals surface area contributed by atoms with E-state index >= 15 is 0 Å². The van der Waals surface area contributed by atoms with Gasteiger partial charge in [-0.15, -0.1) is 0 Å². The van der Waals surface area contributed by atoms with Gasteiger partial charge in [-0.3, -0.25) is 4.79 Å². The molecule has 3 nitrogen and oxygen atoms in total. The maximum absolute atomic E-state index is 11.8. The molecule has 1 aromatic heterocycles. The molecule has 1 N–H and O–H groups in total. The summed E-state index contributed by atoms with van der Waals surface area (Å²) >= 11 is 0. The predicted octanol–water partition coefficient (Wildman–Crippen LogP) is 3.58. The van der Waals surface area contributed by atoms with Gasteiger partial charge in [0.15, 0.2) is 0 Å². The number of nitrogens with one attached hydrogen (secondary N) is 1. The van der Waals surface area contributed by atoms with Crippen LogP contribution in [-0.2, 0) is 17.3 Å². The predicted molar refractivity (Wildman–Crippen MR) is 80.9 cm³/mol. The molecule has 4 rings (SSSR count). The number of carbonyl (C=O) groups is 1. The van der Waals surface area contributed by atoms with E-state index in [0.29, 0.717) is 5.41 Å². The number of carbonyl (C=O) groups excluding carboxylic acids is 1. The van der Waals surface area contributed by atoms with E-state index in [1.807, 2.05) is 6.07 Å². The molecule has 1 amide bonds. The third-order valence-corrected chi connectivity index (χ3v) is 4.88. The summed E-state index contributed by atoms with van der Waals surface area (Å²) < 4.78 is 2.30. The molecule has 0 unspecified atom stereocenters. The van der Waals surface area contributed by atoms with Crippen LogP contribution in [0.25, 0.3) is 10.9 Å². The Hall–Kier alpha value is -1.77. The molecule has 2 fully saturated rings. The number of benzene rings is 1. The fourth-order valence-corrected chi connectivity index (χ4v) is 3.04. The summed E-state index contributed by atoms with van der Waals surface area (Å²) in [4.78, 5) is 11.8. The van der Waals surface area contributed by atoms with Gasteiger partial charge in [-0.05, 0) is 49.9 Å². The lowest BCUT2D eigenvalue weighted by Gasteiger charge is -2.10. The zero-order valence-electron chi connectivity index (χ0n) is 12.1. The zero-order valence-corrected chi connectivity index (χ0v) is 12.1. The lowest BCUT2D eigenvalue weighted by atomic mass is 10.1. The molecule has 2 aliphatic rings. The number of nitrogens with zero attached hydrogens (tertiary/aromatic N) is 1. The summed E-state index contributed by atoms with van der Waals surface area (Å²) in [6, 6.07) is 8.52. The fraction of sp³-hybridized carbons (Fsp3) is 0.471. The Morgan fingerprint density at radius 2 is 2.05 bits per heavy atom. The van der Waals surface area contributed by atoms with Crippen LogP contribution in [0.3, 0.4) is 0 Å². The van der Waals surface area contributed by atoms with Gasteiger partial charge in [0.1, 0.15) is 0 Å². The second kappa shape index (κ2) is 3.87. The number of amides is 1. The summed E-state index contributed by atoms with van der Waals surface area (Å²) in [7, 11) is 2.14. The Labute approximate surface area is 119 Å². The van der Waals surface area contributed by atoms with Crippen molar-refractivity contribution in [3.8, 4) is 0 Å². The van der Waals surface area contributed by atoms with Gasteiger partial charge in [0.05, 0.1) is 0 Å². The van der Waals surface area contributed by atoms with Crippen molar-refractivity contribution >= 4 is 22.5 Å². The normalized spacial score (nSPS) is 20.1. The average molecular weight is 268 g/mol. The summed E-state index contributed by atoms with van der Waals surface area (Å²) in [5.74, 6) is 0.428. The number of rotatable bonds is 3. The van der Waals surface area contributed by atoms with Gasteiger partial charge in [-0.2, -0.15) is 0 Å². The molecule has 1 aromatic carbocycles. The number of fused-ring (bicyclic) bond motifs is 1. The van der Waals surface area contributed by atoms with Crippen molar-refractivity contribution in [1.82, 2.24) is 4.57 Å². The standard InChI is InChI=1S/C17H20N2O/c1-17(7-8-17)15-10-12-9-13(5-6-14(12)19(15)2)18-16(20)11-3-4-11/h5-6,9-11H,3-4,7-8H2,1-2H3,(H,18,20). The first kappa shape index (κ1) is 12.0. The van der Waals surface area contributed by atoms with Crippen LogP contribution in [0.1, 0.15) is 38.3 Å². The molecule has 0 atom stereocenters. The Kier molecular flexibility index (Phi) is 2.33. The maximum atomic E-state index is 11.8. The minimum atomic E-state index is 0.176. The molecule has 0 saturated heterocycles. The highest BCUT2D eigenvalue weighted by Gasteiger charge is 2.41. The van der Waals surface area contributed by atoms with Gasteiger partial charge in [0, 0.05) is 40.7 Å². The van der Waals surface area contributed by atoms with Gasteiger partial charge >= 0.3 is 0 Å². The summed E-state index contributed by atoms with van der Waals surface area (Å²) in [5, 5.41) is 4.26. The first-order valence-electron chi connectivity index (χ1n) is 7.48. The number of hydrogen-bond donors (Lipinski definition) is 1. The van der Waals surface area contributed by atoms with Crippen molar-refractivity contribution in [3.63, 3.8) is 0 Å². The SMILES string of the molecule is Cn1c(C2(C)CC2)cc2cc(NC(=O)C3CC3)ccc21. The highest BCUT2D eigenvalue weighted by atomic mass is 16.2. The van der Waals surface area contributed by atoms with Crippen molar-refractivity contribution in [2.75, 3.05) is 5.32 Å². The Morgan fingerprint density at radius 3 is 2.70 bits per heavy atom. The van der Waals surface area contributed by atoms with E-state index in [0.717, 1.165) is 18.5 Å². The molecule has 0 aliphatic heterocycles. The first-order chi connectivity index (χ1) is 9.57. The van der Waals surface area contributed by atoms with E-state index in [-0.39, 0.29) is 11.8 Å². The second-order valence-electron chi connectivity index (χ2n) is 6.69. The molecule has 2 saturated carbocycles. The molecule has 2 aromatic rings. The maximum Gasteiger partial charge on any atom is 0.227 e. The van der Waals surface area contributed by atoms with E-state index in [2.05, 4.69) is 42.1 Å². The van der Waals surface area contributed by atoms with Crippen molar-refractivity contribution in [2.45, 2.75) is 38.0 Å². The quantitative estimate of drug-likeness (QED) is 0.907.